The molecule has 0 spiro atoms. The van der Waals surface area contributed by atoms with Crippen molar-refractivity contribution in [3.05, 3.63) is 104 Å². The summed E-state index contributed by atoms with van der Waals surface area (Å²) in [5, 5.41) is 0. The minimum absolute atomic E-state index is 0.178. The number of fused-ring (bicyclic) bond motifs is 4. The van der Waals surface area contributed by atoms with Crippen LogP contribution < -0.4 is 0 Å². The number of hydrogen-bond donors (Lipinski definition) is 0. The van der Waals surface area contributed by atoms with E-state index in [0.29, 0.717) is 42.1 Å². The van der Waals surface area contributed by atoms with Crippen LogP contribution in [0.25, 0.3) is 0 Å². The van der Waals surface area contributed by atoms with Gasteiger partial charge < -0.3 is 14.2 Å². The molecule has 5 aliphatic rings. The normalized spacial score (nSPS) is 18.6. The summed E-state index contributed by atoms with van der Waals surface area (Å²) in [5.74, 6) is -0.942. The molecule has 0 saturated heterocycles. The fourth-order valence-electron chi connectivity index (χ4n) is 6.23. The predicted octanol–water partition coefficient (Wildman–Crippen LogP) is 6.67. The van der Waals surface area contributed by atoms with Crippen LogP contribution in [0.1, 0.15) is 66.2 Å². The number of hydrogen-bond acceptors (Lipinski definition) is 10. The van der Waals surface area contributed by atoms with E-state index in [1.807, 2.05) is 52.0 Å². The molecule has 5 rings (SSSR count). The SMILES string of the molecule is C=CC1=C(C)C2=NC1=CC1=NC(=CC3=NC(=CC4=NC(=C2)C(C)=C4CCC(=O)OC)C(CCC(=O)OC)=C3C)C(CCC(=O)OC)=C1C. The highest BCUT2D eigenvalue weighted by atomic mass is 16.5. The zero-order valence-corrected chi connectivity index (χ0v) is 28.6. The molecule has 0 unspecified atom stereocenters. The smallest absolute Gasteiger partial charge is 0.305 e. The van der Waals surface area contributed by atoms with Gasteiger partial charge in [0.1, 0.15) is 0 Å². The Morgan fingerprint density at radius 2 is 0.917 bits per heavy atom. The molecule has 0 aromatic rings. The van der Waals surface area contributed by atoms with Crippen molar-refractivity contribution in [3.8, 4) is 0 Å². The molecule has 0 saturated carbocycles. The van der Waals surface area contributed by atoms with Crippen molar-refractivity contribution < 1.29 is 28.6 Å². The monoisotopic (exact) mass is 648 g/mol. The van der Waals surface area contributed by atoms with Crippen molar-refractivity contribution in [1.29, 1.82) is 0 Å². The Kier molecular flexibility index (Phi) is 10.1. The maximum Gasteiger partial charge on any atom is 0.305 e. The molecular formula is C38H40N4O6. The summed E-state index contributed by atoms with van der Waals surface area (Å²) < 4.78 is 14.8. The number of carbonyl (C=O) groups excluding carboxylic acids is 3. The molecule has 0 N–H and O–H groups in total. The largest absolute Gasteiger partial charge is 0.469 e. The second-order valence-electron chi connectivity index (χ2n) is 11.9. The number of rotatable bonds is 10. The lowest BCUT2D eigenvalue weighted by Crippen LogP contribution is -2.05. The van der Waals surface area contributed by atoms with Gasteiger partial charge in [-0.25, -0.2) is 20.0 Å². The van der Waals surface area contributed by atoms with Crippen molar-refractivity contribution in [3.63, 3.8) is 0 Å². The van der Waals surface area contributed by atoms with Gasteiger partial charge in [0.2, 0.25) is 0 Å². The summed E-state index contributed by atoms with van der Waals surface area (Å²) in [4.78, 5) is 56.7. The summed E-state index contributed by atoms with van der Waals surface area (Å²) >= 11 is 0. The molecule has 0 amide bonds. The third-order valence-corrected chi connectivity index (χ3v) is 9.18. The highest BCUT2D eigenvalue weighted by molar-refractivity contribution is 6.20. The molecule has 48 heavy (non-hydrogen) atoms. The predicted molar refractivity (Wildman–Crippen MR) is 187 cm³/mol. The van der Waals surface area contributed by atoms with E-state index in [4.69, 9.17) is 34.2 Å². The van der Waals surface area contributed by atoms with Gasteiger partial charge in [-0.1, -0.05) is 12.7 Å². The van der Waals surface area contributed by atoms with Gasteiger partial charge in [-0.3, -0.25) is 14.4 Å². The molecule has 0 aliphatic carbocycles. The Morgan fingerprint density at radius 1 is 0.542 bits per heavy atom. The average molecular weight is 649 g/mol. The topological polar surface area (TPSA) is 128 Å². The second kappa shape index (κ2) is 14.3. The summed E-state index contributed by atoms with van der Waals surface area (Å²) in [7, 11) is 4.13. The molecule has 0 radical (unpaired) electrons. The molecule has 0 atom stereocenters. The highest BCUT2D eigenvalue weighted by Gasteiger charge is 2.29. The molecule has 8 bridgehead atoms. The molecule has 0 aromatic carbocycles. The minimum atomic E-state index is -0.322. The third-order valence-electron chi connectivity index (χ3n) is 9.18. The molecule has 10 nitrogen and oxygen atoms in total. The van der Waals surface area contributed by atoms with Crippen molar-refractivity contribution in [2.45, 2.75) is 66.2 Å². The van der Waals surface area contributed by atoms with Gasteiger partial charge in [0, 0.05) is 24.8 Å². The molecule has 0 fully saturated rings. The van der Waals surface area contributed by atoms with Gasteiger partial charge in [0.15, 0.2) is 0 Å². The zero-order valence-electron chi connectivity index (χ0n) is 28.6. The van der Waals surface area contributed by atoms with Gasteiger partial charge in [-0.05, 0) is 110 Å². The lowest BCUT2D eigenvalue weighted by molar-refractivity contribution is -0.141. The van der Waals surface area contributed by atoms with Gasteiger partial charge in [-0.2, -0.15) is 0 Å². The average Bonchev–Trinajstić information content (AvgIpc) is 3.74. The third kappa shape index (κ3) is 6.74. The Labute approximate surface area is 280 Å². The first-order chi connectivity index (χ1) is 23.0. The quantitative estimate of drug-likeness (QED) is 0.192. The first kappa shape index (κ1) is 34.1. The number of ether oxygens (including phenoxy) is 3. The van der Waals surface area contributed by atoms with Gasteiger partial charge in [-0.15, -0.1) is 0 Å². The highest BCUT2D eigenvalue weighted by Crippen LogP contribution is 2.38. The second-order valence-corrected chi connectivity index (χ2v) is 11.9. The molecule has 5 heterocycles. The van der Waals surface area contributed by atoms with Crippen LogP contribution in [0.15, 0.2) is 124 Å². The first-order valence-electron chi connectivity index (χ1n) is 15.9. The molecule has 5 aliphatic heterocycles. The van der Waals surface area contributed by atoms with E-state index in [1.165, 1.54) is 21.3 Å². The number of aliphatic imine (C=N–C) groups is 4. The molecular weight excluding hydrogens is 608 g/mol. The maximum atomic E-state index is 12.2. The van der Waals surface area contributed by atoms with Crippen molar-refractivity contribution >= 4 is 40.8 Å². The van der Waals surface area contributed by atoms with E-state index in [-0.39, 0.29) is 37.2 Å². The molecule has 10 heteroatoms. The van der Waals surface area contributed by atoms with E-state index >= 15 is 0 Å². The number of nitrogens with zero attached hydrogens (tertiary/aromatic N) is 4. The van der Waals surface area contributed by atoms with E-state index in [2.05, 4.69) is 6.58 Å². The van der Waals surface area contributed by atoms with Crippen LogP contribution in [-0.2, 0) is 28.6 Å². The van der Waals surface area contributed by atoms with Crippen LogP contribution in [0.4, 0.5) is 0 Å². The van der Waals surface area contributed by atoms with Gasteiger partial charge in [0.05, 0.1) is 67.0 Å². The minimum Gasteiger partial charge on any atom is -0.469 e. The summed E-state index contributed by atoms with van der Waals surface area (Å²) in [6, 6.07) is 0. The number of esters is 3. The number of carbonyl (C=O) groups is 3. The first-order valence-corrected chi connectivity index (χ1v) is 15.9. The molecule has 0 aromatic heterocycles. The van der Waals surface area contributed by atoms with Crippen LogP contribution >= 0.6 is 0 Å². The molecule has 248 valence electrons. The van der Waals surface area contributed by atoms with Crippen LogP contribution in [0.3, 0.4) is 0 Å². The van der Waals surface area contributed by atoms with Crippen molar-refractivity contribution in [1.82, 2.24) is 0 Å². The maximum absolute atomic E-state index is 12.2. The van der Waals surface area contributed by atoms with Crippen LogP contribution in [-0.4, -0.2) is 62.1 Å². The van der Waals surface area contributed by atoms with Crippen molar-refractivity contribution in [2.75, 3.05) is 21.3 Å². The van der Waals surface area contributed by atoms with Crippen molar-refractivity contribution in [2.24, 2.45) is 20.0 Å². The van der Waals surface area contributed by atoms with Crippen LogP contribution in [0.5, 0.6) is 0 Å². The van der Waals surface area contributed by atoms with Crippen LogP contribution in [0.2, 0.25) is 0 Å². The standard InChI is InChI=1S/C38H40N4O6/c1-9-24-20(2)28-16-29-21(3)26(11-14-37(44)47-7)34(40-29)19-35-27(12-15-38(45)48-8)23(5)31(42-35)18-33-25(10-13-36(43)46-6)22(4)30(41-33)17-32(24)39-28/h9,16-19H,1,10-15H2,2-8H3. The van der Waals surface area contributed by atoms with E-state index in [9.17, 15) is 14.4 Å². The fraction of sp³-hybridized carbons (Fsp3) is 0.342. The summed E-state index contributed by atoms with van der Waals surface area (Å²) in [6.07, 6.45) is 11.4. The number of methoxy groups -OCH3 is 3. The number of allylic oxidation sites excluding steroid dienone is 12. The lowest BCUT2D eigenvalue weighted by atomic mass is 9.95. The van der Waals surface area contributed by atoms with Crippen LogP contribution in [0, 0.1) is 0 Å². The van der Waals surface area contributed by atoms with E-state index < -0.39 is 0 Å². The zero-order chi connectivity index (χ0) is 34.7. The summed E-state index contributed by atoms with van der Waals surface area (Å²) in [6.45, 7) is 12.0. The van der Waals surface area contributed by atoms with Gasteiger partial charge in [0.25, 0.3) is 0 Å². The Balaban J connectivity index is 1.74. The Bertz CT molecular complexity index is 1910. The Morgan fingerprint density at radius 3 is 1.40 bits per heavy atom. The lowest BCUT2D eigenvalue weighted by Gasteiger charge is -2.08. The Hall–Kier alpha value is -5.25. The fourth-order valence-corrected chi connectivity index (χ4v) is 6.23. The summed E-state index contributed by atoms with van der Waals surface area (Å²) in [5.41, 5.74) is 13.0. The van der Waals surface area contributed by atoms with Gasteiger partial charge >= 0.3 is 17.9 Å². The van der Waals surface area contributed by atoms with E-state index in [0.717, 1.165) is 67.4 Å². The van der Waals surface area contributed by atoms with E-state index in [1.54, 1.807) is 6.08 Å².